The number of aryl methyl sites for hydroxylation is 1. The molecule has 0 bridgehead atoms. The topological polar surface area (TPSA) is 44.4 Å². The molecule has 3 rings (SSSR count). The summed E-state index contributed by atoms with van der Waals surface area (Å²) in [5, 5.41) is 6.68. The lowest BCUT2D eigenvalue weighted by Gasteiger charge is -2.36. The third kappa shape index (κ3) is 6.78. The van der Waals surface area contributed by atoms with Crippen molar-refractivity contribution in [3.63, 3.8) is 0 Å². The van der Waals surface area contributed by atoms with Crippen molar-refractivity contribution in [2.45, 2.75) is 52.0 Å². The highest BCUT2D eigenvalue weighted by Gasteiger charge is 2.25. The lowest BCUT2D eigenvalue weighted by atomic mass is 9.85. The zero-order valence-electron chi connectivity index (χ0n) is 16.9. The van der Waals surface area contributed by atoms with E-state index in [2.05, 4.69) is 22.5 Å². The SMILES string of the molecule is Cc1cc(F)ccc1N1CCCC(NC(=O)CC(C)C2CCCNC2)C1.Cl.Cl. The number of rotatable bonds is 5. The first kappa shape index (κ1) is 25.0. The summed E-state index contributed by atoms with van der Waals surface area (Å²) in [6.45, 7) is 8.05. The molecule has 160 valence electrons. The summed E-state index contributed by atoms with van der Waals surface area (Å²) >= 11 is 0. The molecule has 2 N–H and O–H groups in total. The highest BCUT2D eigenvalue weighted by Crippen LogP contribution is 2.25. The molecule has 2 fully saturated rings. The number of halogens is 3. The van der Waals surface area contributed by atoms with E-state index in [0.29, 0.717) is 18.3 Å². The standard InChI is InChI=1S/C21H32FN3O.2ClH/c1-15(17-5-3-9-23-13-17)12-21(26)24-19-6-4-10-25(14-19)20-8-7-18(22)11-16(20)2;;/h7-8,11,15,17,19,23H,3-6,9-10,12-14H2,1-2H3,(H,24,26);2*1H. The Hall–Kier alpha value is -1.04. The molecule has 3 atom stereocenters. The fourth-order valence-corrected chi connectivity index (χ4v) is 4.40. The van der Waals surface area contributed by atoms with E-state index in [9.17, 15) is 9.18 Å². The second-order valence-corrected chi connectivity index (χ2v) is 8.07. The molecule has 0 radical (unpaired) electrons. The van der Waals surface area contributed by atoms with Crippen LogP contribution in [0.2, 0.25) is 0 Å². The van der Waals surface area contributed by atoms with Gasteiger partial charge in [-0.2, -0.15) is 0 Å². The van der Waals surface area contributed by atoms with Crippen LogP contribution >= 0.6 is 24.8 Å². The molecule has 0 spiro atoms. The van der Waals surface area contributed by atoms with Gasteiger partial charge in [-0.3, -0.25) is 4.79 Å². The number of anilines is 1. The second-order valence-electron chi connectivity index (χ2n) is 8.07. The Labute approximate surface area is 180 Å². The van der Waals surface area contributed by atoms with E-state index in [4.69, 9.17) is 0 Å². The van der Waals surface area contributed by atoms with Gasteiger partial charge in [-0.25, -0.2) is 4.39 Å². The average molecular weight is 434 g/mol. The number of benzene rings is 1. The maximum absolute atomic E-state index is 13.4. The van der Waals surface area contributed by atoms with E-state index >= 15 is 0 Å². The molecular formula is C21H34Cl2FN3O. The van der Waals surface area contributed by atoms with E-state index in [0.717, 1.165) is 50.3 Å². The van der Waals surface area contributed by atoms with Crippen LogP contribution in [-0.4, -0.2) is 38.1 Å². The van der Waals surface area contributed by atoms with Crippen molar-refractivity contribution in [3.8, 4) is 0 Å². The fourth-order valence-electron chi connectivity index (χ4n) is 4.40. The molecule has 2 aliphatic heterocycles. The highest BCUT2D eigenvalue weighted by atomic mass is 35.5. The molecule has 7 heteroatoms. The third-order valence-electron chi connectivity index (χ3n) is 5.93. The van der Waals surface area contributed by atoms with Crippen molar-refractivity contribution in [1.29, 1.82) is 0 Å². The van der Waals surface area contributed by atoms with E-state index in [1.807, 2.05) is 13.0 Å². The number of piperidine rings is 2. The van der Waals surface area contributed by atoms with Crippen LogP contribution in [0.3, 0.4) is 0 Å². The molecular weight excluding hydrogens is 400 g/mol. The molecule has 2 aliphatic rings. The molecule has 2 heterocycles. The highest BCUT2D eigenvalue weighted by molar-refractivity contribution is 5.85. The van der Waals surface area contributed by atoms with Crippen LogP contribution in [0.5, 0.6) is 0 Å². The summed E-state index contributed by atoms with van der Waals surface area (Å²) in [6.07, 6.45) is 5.11. The molecule has 0 aromatic heterocycles. The van der Waals surface area contributed by atoms with Gasteiger partial charge in [0.1, 0.15) is 5.82 Å². The van der Waals surface area contributed by atoms with Crippen LogP contribution in [0.15, 0.2) is 18.2 Å². The van der Waals surface area contributed by atoms with E-state index < -0.39 is 0 Å². The molecule has 0 saturated carbocycles. The third-order valence-corrected chi connectivity index (χ3v) is 5.93. The number of hydrogen-bond acceptors (Lipinski definition) is 3. The summed E-state index contributed by atoms with van der Waals surface area (Å²) in [5.41, 5.74) is 2.03. The lowest BCUT2D eigenvalue weighted by molar-refractivity contribution is -0.123. The molecule has 2 saturated heterocycles. The number of carbonyl (C=O) groups is 1. The average Bonchev–Trinajstić information content (AvgIpc) is 2.62. The Morgan fingerprint density at radius 3 is 2.79 bits per heavy atom. The Kier molecular flexibility index (Phi) is 10.6. The fraction of sp³-hybridized carbons (Fsp3) is 0.667. The van der Waals surface area contributed by atoms with Crippen molar-refractivity contribution in [2.24, 2.45) is 11.8 Å². The van der Waals surface area contributed by atoms with Crippen LogP contribution in [-0.2, 0) is 4.79 Å². The minimum Gasteiger partial charge on any atom is -0.369 e. The minimum atomic E-state index is -0.195. The van der Waals surface area contributed by atoms with Gasteiger partial charge in [-0.1, -0.05) is 6.92 Å². The van der Waals surface area contributed by atoms with Gasteiger partial charge in [0.05, 0.1) is 0 Å². The molecule has 28 heavy (non-hydrogen) atoms. The summed E-state index contributed by atoms with van der Waals surface area (Å²) in [6, 6.07) is 5.13. The normalized spacial score (nSPS) is 23.2. The van der Waals surface area contributed by atoms with Gasteiger partial charge in [0.25, 0.3) is 0 Å². The van der Waals surface area contributed by atoms with Crippen molar-refractivity contribution < 1.29 is 9.18 Å². The number of nitrogens with one attached hydrogen (secondary N) is 2. The predicted molar refractivity (Wildman–Crippen MR) is 118 cm³/mol. The molecule has 4 nitrogen and oxygen atoms in total. The second kappa shape index (κ2) is 11.8. The van der Waals surface area contributed by atoms with Gasteiger partial charge in [-0.05, 0) is 81.3 Å². The first-order chi connectivity index (χ1) is 12.5. The molecule has 0 aliphatic carbocycles. The van der Waals surface area contributed by atoms with Crippen LogP contribution < -0.4 is 15.5 Å². The van der Waals surface area contributed by atoms with E-state index in [1.54, 1.807) is 6.07 Å². The smallest absolute Gasteiger partial charge is 0.220 e. The largest absolute Gasteiger partial charge is 0.369 e. The minimum absolute atomic E-state index is 0. The lowest BCUT2D eigenvalue weighted by Crippen LogP contribution is -2.48. The van der Waals surface area contributed by atoms with Crippen molar-refractivity contribution in [2.75, 3.05) is 31.1 Å². The van der Waals surface area contributed by atoms with Gasteiger partial charge in [0.15, 0.2) is 0 Å². The van der Waals surface area contributed by atoms with E-state index in [-0.39, 0.29) is 42.6 Å². The summed E-state index contributed by atoms with van der Waals surface area (Å²) < 4.78 is 13.4. The van der Waals surface area contributed by atoms with Crippen LogP contribution in [0.4, 0.5) is 10.1 Å². The molecule has 3 unspecified atom stereocenters. The van der Waals surface area contributed by atoms with Gasteiger partial charge in [0.2, 0.25) is 5.91 Å². The van der Waals surface area contributed by atoms with Crippen LogP contribution in [0, 0.1) is 24.6 Å². The van der Waals surface area contributed by atoms with Crippen LogP contribution in [0.25, 0.3) is 0 Å². The Morgan fingerprint density at radius 2 is 2.11 bits per heavy atom. The summed E-state index contributed by atoms with van der Waals surface area (Å²) in [4.78, 5) is 14.8. The van der Waals surface area contributed by atoms with Crippen molar-refractivity contribution in [3.05, 3.63) is 29.6 Å². The van der Waals surface area contributed by atoms with Crippen molar-refractivity contribution >= 4 is 36.4 Å². The Bertz CT molecular complexity index is 626. The van der Waals surface area contributed by atoms with Gasteiger partial charge < -0.3 is 15.5 Å². The van der Waals surface area contributed by atoms with Crippen LogP contribution in [0.1, 0.15) is 44.6 Å². The predicted octanol–water partition coefficient (Wildman–Crippen LogP) is 4.09. The van der Waals surface area contributed by atoms with Gasteiger partial charge in [-0.15, -0.1) is 24.8 Å². The maximum Gasteiger partial charge on any atom is 0.220 e. The number of nitrogens with zero attached hydrogens (tertiary/aromatic N) is 1. The number of hydrogen-bond donors (Lipinski definition) is 2. The quantitative estimate of drug-likeness (QED) is 0.734. The van der Waals surface area contributed by atoms with E-state index in [1.165, 1.54) is 18.9 Å². The number of carbonyl (C=O) groups excluding carboxylic acids is 1. The zero-order valence-corrected chi connectivity index (χ0v) is 18.5. The first-order valence-corrected chi connectivity index (χ1v) is 10.0. The maximum atomic E-state index is 13.4. The number of amides is 1. The molecule has 1 aromatic carbocycles. The monoisotopic (exact) mass is 433 g/mol. The zero-order chi connectivity index (χ0) is 18.5. The summed E-state index contributed by atoms with van der Waals surface area (Å²) in [5.74, 6) is 1.01. The van der Waals surface area contributed by atoms with Gasteiger partial charge in [0, 0.05) is 31.2 Å². The Balaban J connectivity index is 0.00000196. The first-order valence-electron chi connectivity index (χ1n) is 10.0. The van der Waals surface area contributed by atoms with Crippen molar-refractivity contribution in [1.82, 2.24) is 10.6 Å². The molecule has 1 amide bonds. The Morgan fingerprint density at radius 1 is 1.32 bits per heavy atom. The summed E-state index contributed by atoms with van der Waals surface area (Å²) in [7, 11) is 0. The van der Waals surface area contributed by atoms with Gasteiger partial charge >= 0.3 is 0 Å². The molecule has 1 aromatic rings.